The van der Waals surface area contributed by atoms with Crippen LogP contribution in [0, 0.1) is 0 Å². The van der Waals surface area contributed by atoms with E-state index < -0.39 is 0 Å². The fourth-order valence-corrected chi connectivity index (χ4v) is 4.04. The Morgan fingerprint density at radius 3 is 2.21 bits per heavy atom. The van der Waals surface area contributed by atoms with E-state index in [0.717, 1.165) is 25.1 Å². The van der Waals surface area contributed by atoms with Crippen molar-refractivity contribution in [2.24, 2.45) is 0 Å². The number of ketones is 1. The van der Waals surface area contributed by atoms with E-state index in [1.807, 2.05) is 18.2 Å². The van der Waals surface area contributed by atoms with Crippen LogP contribution in [0.15, 0.2) is 67.8 Å². The van der Waals surface area contributed by atoms with Gasteiger partial charge in [-0.25, -0.2) is 0 Å². The minimum Gasteiger partial charge on any atom is -0.489 e. The van der Waals surface area contributed by atoms with Gasteiger partial charge in [0.15, 0.2) is 0 Å². The molecule has 0 spiro atoms. The van der Waals surface area contributed by atoms with Crippen molar-refractivity contribution >= 4 is 5.78 Å². The van der Waals surface area contributed by atoms with Crippen LogP contribution < -0.4 is 4.74 Å². The topological polar surface area (TPSA) is 29.5 Å². The lowest BCUT2D eigenvalue weighted by atomic mass is 9.75. The number of Topliss-reactive ketones (excluding diaryl/α,β-unsaturated/α-hetero) is 1. The van der Waals surface area contributed by atoms with Gasteiger partial charge in [-0.15, -0.1) is 13.2 Å². The van der Waals surface area contributed by atoms with E-state index in [2.05, 4.69) is 68.4 Å². The molecule has 0 heterocycles. The van der Waals surface area contributed by atoms with E-state index in [4.69, 9.17) is 4.74 Å². The quantitative estimate of drug-likeness (QED) is 0.505. The molecule has 0 bridgehead atoms. The molecule has 0 aromatic heterocycles. The first-order valence-corrected chi connectivity index (χ1v) is 10.6. The monoisotopic (exact) mass is 393 g/mol. The molecule has 1 aliphatic rings. The standard InChI is InChI=1S/C24H31NO2.C2H4/c1-3-4-18-25(2)24(16-14-22(26)15-17-24)21-10-12-23(13-11-21)27-19-20-8-6-5-7-9-20;1-2/h5-13H,3-4,14-19H2,1-2H3;1-2H2. The molecule has 0 unspecified atom stereocenters. The molecule has 3 rings (SSSR count). The average Bonchev–Trinajstić information content (AvgIpc) is 2.79. The molecule has 3 heteroatoms. The van der Waals surface area contributed by atoms with Gasteiger partial charge in [0, 0.05) is 18.4 Å². The van der Waals surface area contributed by atoms with Crippen molar-refractivity contribution < 1.29 is 9.53 Å². The summed E-state index contributed by atoms with van der Waals surface area (Å²) in [5.41, 5.74) is 2.45. The molecule has 1 fully saturated rings. The molecule has 29 heavy (non-hydrogen) atoms. The molecule has 0 amide bonds. The van der Waals surface area contributed by atoms with Crippen molar-refractivity contribution in [1.82, 2.24) is 4.90 Å². The number of carbonyl (C=O) groups excluding carboxylic acids is 1. The SMILES string of the molecule is C=C.CCCCN(C)C1(c2ccc(OCc3ccccc3)cc2)CCC(=O)CC1. The van der Waals surface area contributed by atoms with Crippen molar-refractivity contribution in [3.63, 3.8) is 0 Å². The van der Waals surface area contributed by atoms with Gasteiger partial charge in [-0.2, -0.15) is 0 Å². The van der Waals surface area contributed by atoms with Crippen LogP contribution in [0.2, 0.25) is 0 Å². The maximum Gasteiger partial charge on any atom is 0.133 e. The van der Waals surface area contributed by atoms with Gasteiger partial charge in [-0.1, -0.05) is 55.8 Å². The Balaban J connectivity index is 0.00000145. The highest BCUT2D eigenvalue weighted by atomic mass is 16.5. The Kier molecular flexibility index (Phi) is 9.14. The smallest absolute Gasteiger partial charge is 0.133 e. The highest BCUT2D eigenvalue weighted by Gasteiger charge is 2.39. The summed E-state index contributed by atoms with van der Waals surface area (Å²) in [4.78, 5) is 14.3. The molecular formula is C26H35NO2. The fraction of sp³-hybridized carbons (Fsp3) is 0.423. The summed E-state index contributed by atoms with van der Waals surface area (Å²) >= 11 is 0. The van der Waals surface area contributed by atoms with Gasteiger partial charge in [0.25, 0.3) is 0 Å². The number of carbonyl (C=O) groups is 1. The number of hydrogen-bond donors (Lipinski definition) is 0. The molecule has 156 valence electrons. The normalized spacial score (nSPS) is 15.5. The summed E-state index contributed by atoms with van der Waals surface area (Å²) in [7, 11) is 2.21. The summed E-state index contributed by atoms with van der Waals surface area (Å²) in [6.45, 7) is 9.87. The Hall–Kier alpha value is -2.39. The van der Waals surface area contributed by atoms with Gasteiger partial charge in [-0.05, 0) is 56.1 Å². The third kappa shape index (κ3) is 6.04. The van der Waals surface area contributed by atoms with Crippen LogP contribution in [0.25, 0.3) is 0 Å². The average molecular weight is 394 g/mol. The van der Waals surface area contributed by atoms with E-state index in [9.17, 15) is 4.79 Å². The van der Waals surface area contributed by atoms with Crippen LogP contribution in [0.5, 0.6) is 5.75 Å². The molecule has 2 aromatic rings. The van der Waals surface area contributed by atoms with Crippen LogP contribution in [0.1, 0.15) is 56.6 Å². The van der Waals surface area contributed by atoms with E-state index >= 15 is 0 Å². The molecule has 0 atom stereocenters. The van der Waals surface area contributed by atoms with Crippen molar-refractivity contribution in [3.8, 4) is 5.75 Å². The van der Waals surface area contributed by atoms with E-state index in [0.29, 0.717) is 25.2 Å². The maximum absolute atomic E-state index is 11.9. The largest absolute Gasteiger partial charge is 0.489 e. The molecule has 1 aliphatic carbocycles. The van der Waals surface area contributed by atoms with Gasteiger partial charge in [0.1, 0.15) is 18.1 Å². The minimum absolute atomic E-state index is 0.0267. The van der Waals surface area contributed by atoms with E-state index in [-0.39, 0.29) is 5.54 Å². The molecule has 0 saturated heterocycles. The first-order chi connectivity index (χ1) is 14.1. The zero-order valence-electron chi connectivity index (χ0n) is 18.0. The second kappa shape index (κ2) is 11.6. The lowest BCUT2D eigenvalue weighted by Crippen LogP contribution is -2.47. The van der Waals surface area contributed by atoms with Crippen LogP contribution in [0.4, 0.5) is 0 Å². The first-order valence-electron chi connectivity index (χ1n) is 10.6. The predicted molar refractivity (Wildman–Crippen MR) is 121 cm³/mol. The number of ether oxygens (including phenoxy) is 1. The Labute approximate surface area is 176 Å². The highest BCUT2D eigenvalue weighted by molar-refractivity contribution is 5.79. The van der Waals surface area contributed by atoms with Crippen LogP contribution in [0.3, 0.4) is 0 Å². The van der Waals surface area contributed by atoms with Crippen molar-refractivity contribution in [2.45, 2.75) is 57.6 Å². The number of hydrogen-bond acceptors (Lipinski definition) is 3. The Morgan fingerprint density at radius 1 is 1.00 bits per heavy atom. The third-order valence-corrected chi connectivity index (χ3v) is 5.85. The highest BCUT2D eigenvalue weighted by Crippen LogP contribution is 2.41. The van der Waals surface area contributed by atoms with Gasteiger partial charge >= 0.3 is 0 Å². The molecule has 3 nitrogen and oxygen atoms in total. The van der Waals surface area contributed by atoms with Gasteiger partial charge in [0.05, 0.1) is 0 Å². The summed E-state index contributed by atoms with van der Waals surface area (Å²) in [5.74, 6) is 1.29. The van der Waals surface area contributed by atoms with Gasteiger partial charge < -0.3 is 4.74 Å². The van der Waals surface area contributed by atoms with Gasteiger partial charge in [-0.3, -0.25) is 9.69 Å². The zero-order valence-corrected chi connectivity index (χ0v) is 18.0. The van der Waals surface area contributed by atoms with Crippen molar-refractivity contribution in [3.05, 3.63) is 78.9 Å². The summed E-state index contributed by atoms with van der Waals surface area (Å²) in [5, 5.41) is 0. The van der Waals surface area contributed by atoms with Gasteiger partial charge in [0.2, 0.25) is 0 Å². The lowest BCUT2D eigenvalue weighted by Gasteiger charge is -2.45. The lowest BCUT2D eigenvalue weighted by molar-refractivity contribution is -0.123. The second-order valence-electron chi connectivity index (χ2n) is 7.64. The zero-order chi connectivity index (χ0) is 21.1. The van der Waals surface area contributed by atoms with Crippen molar-refractivity contribution in [2.75, 3.05) is 13.6 Å². The minimum atomic E-state index is -0.0267. The molecular weight excluding hydrogens is 358 g/mol. The number of nitrogens with zero attached hydrogens (tertiary/aromatic N) is 1. The van der Waals surface area contributed by atoms with E-state index in [1.165, 1.54) is 24.0 Å². The summed E-state index contributed by atoms with van der Waals surface area (Å²) in [6.07, 6.45) is 5.56. The molecule has 0 aliphatic heterocycles. The first kappa shape index (κ1) is 22.9. The molecule has 0 N–H and O–H groups in total. The van der Waals surface area contributed by atoms with Crippen LogP contribution in [-0.2, 0) is 16.9 Å². The van der Waals surface area contributed by atoms with Crippen molar-refractivity contribution in [1.29, 1.82) is 0 Å². The molecule has 0 radical (unpaired) electrons. The Morgan fingerprint density at radius 2 is 1.62 bits per heavy atom. The summed E-state index contributed by atoms with van der Waals surface area (Å²) in [6, 6.07) is 18.8. The second-order valence-corrected chi connectivity index (χ2v) is 7.64. The van der Waals surface area contributed by atoms with Crippen LogP contribution >= 0.6 is 0 Å². The van der Waals surface area contributed by atoms with E-state index in [1.54, 1.807) is 0 Å². The van der Waals surface area contributed by atoms with Crippen LogP contribution in [-0.4, -0.2) is 24.3 Å². The number of benzene rings is 2. The molecule has 2 aromatic carbocycles. The number of unbranched alkanes of at least 4 members (excludes halogenated alkanes) is 1. The third-order valence-electron chi connectivity index (χ3n) is 5.85. The molecule has 1 saturated carbocycles. The summed E-state index contributed by atoms with van der Waals surface area (Å²) < 4.78 is 5.94. The maximum atomic E-state index is 11.9. The Bertz CT molecular complexity index is 729. The fourth-order valence-electron chi connectivity index (χ4n) is 4.04. The number of rotatable bonds is 8. The predicted octanol–water partition coefficient (Wildman–Crippen LogP) is 6.14.